The van der Waals surface area contributed by atoms with Crippen molar-refractivity contribution in [2.24, 2.45) is 0 Å². The first-order valence-corrected chi connectivity index (χ1v) is 30.9. The zero-order valence-electron chi connectivity index (χ0n) is 49.2. The molecule has 2 aliphatic heterocycles. The van der Waals surface area contributed by atoms with E-state index < -0.39 is 10.8 Å². The van der Waals surface area contributed by atoms with E-state index in [1.165, 1.54) is 33.4 Å². The lowest BCUT2D eigenvalue weighted by molar-refractivity contribution is 0.436. The molecule has 9 nitrogen and oxygen atoms in total. The van der Waals surface area contributed by atoms with Crippen LogP contribution in [0.15, 0.2) is 297 Å². The highest BCUT2D eigenvalue weighted by atomic mass is 16.5. The number of fused-ring (bicyclic) bond motifs is 19. The van der Waals surface area contributed by atoms with Gasteiger partial charge in [0.05, 0.1) is 10.8 Å². The molecule has 2 spiro atoms. The number of pyridine rings is 1. The van der Waals surface area contributed by atoms with E-state index in [-0.39, 0.29) is 0 Å². The predicted octanol–water partition coefficient (Wildman–Crippen LogP) is 19.2. The largest absolute Gasteiger partial charge is 0.457 e. The van der Waals surface area contributed by atoms with Crippen molar-refractivity contribution in [3.8, 4) is 125 Å². The van der Waals surface area contributed by atoms with Crippen LogP contribution in [0.2, 0.25) is 0 Å². The lowest BCUT2D eigenvalue weighted by Gasteiger charge is -2.39. The van der Waals surface area contributed by atoms with Gasteiger partial charge in [0.25, 0.3) is 0 Å². The Hall–Kier alpha value is -12.3. The Labute approximate surface area is 529 Å². The van der Waals surface area contributed by atoms with Crippen LogP contribution in [0.5, 0.6) is 23.0 Å². The minimum absolute atomic E-state index is 0.490. The number of nitrogens with zero attached hydrogens (tertiary/aromatic N) is 7. The Morgan fingerprint density at radius 3 is 1.13 bits per heavy atom. The van der Waals surface area contributed by atoms with Gasteiger partial charge in [-0.3, -0.25) is 4.98 Å². The Morgan fingerprint density at radius 1 is 0.217 bits per heavy atom. The fourth-order valence-corrected chi connectivity index (χ4v) is 15.1. The molecule has 92 heavy (non-hydrogen) atoms. The van der Waals surface area contributed by atoms with E-state index in [2.05, 4.69) is 223 Å². The molecule has 0 amide bonds. The van der Waals surface area contributed by atoms with Crippen LogP contribution in [0.25, 0.3) is 113 Å². The van der Waals surface area contributed by atoms with E-state index >= 15 is 0 Å². The van der Waals surface area contributed by atoms with Gasteiger partial charge >= 0.3 is 0 Å². The quantitative estimate of drug-likeness (QED) is 0.154. The summed E-state index contributed by atoms with van der Waals surface area (Å²) < 4.78 is 14.0. The second-order valence-electron chi connectivity index (χ2n) is 23.8. The topological polar surface area (TPSA) is 109 Å². The average molecular weight is 1180 g/mol. The van der Waals surface area contributed by atoms with Crippen LogP contribution in [-0.4, -0.2) is 34.9 Å². The maximum absolute atomic E-state index is 7.01. The Bertz CT molecular complexity index is 5460. The maximum Gasteiger partial charge on any atom is 0.182 e. The van der Waals surface area contributed by atoms with Crippen molar-refractivity contribution in [2.75, 3.05) is 0 Å². The van der Waals surface area contributed by atoms with Gasteiger partial charge in [-0.05, 0) is 115 Å². The lowest BCUT2D eigenvalue weighted by atomic mass is 9.66. The van der Waals surface area contributed by atoms with E-state index in [1.807, 2.05) is 72.8 Å². The van der Waals surface area contributed by atoms with Gasteiger partial charge in [0.15, 0.2) is 34.9 Å². The fourth-order valence-electron chi connectivity index (χ4n) is 15.1. The van der Waals surface area contributed by atoms with Crippen molar-refractivity contribution < 1.29 is 9.47 Å². The molecule has 12 aromatic carbocycles. The first kappa shape index (κ1) is 51.7. The SMILES string of the molecule is c1ccc(-c2nc(-c3ccc4c(c3)Oc3ccccc3C43c4ccccc4-c4cc(-c5ccc(-c6nc(-c7ccccc7)nc(-c7ccc8c(c7)Oc7ccccc7C87c8ccccc8-c8ccccc87)n6)c6ccccc56)ccc43)nc(-c3ccccn3)n2)cc1. The molecule has 428 valence electrons. The fraction of sp³-hybridized carbons (Fsp3) is 0.0241. The van der Waals surface area contributed by atoms with Crippen molar-refractivity contribution in [2.45, 2.75) is 10.8 Å². The standard InChI is InChI=1S/C83H49N7O2/c1-3-21-50(22-4-1)76-85-78(53-39-44-69-74(48-53)91-72-36-17-15-33-67(72)82(69)63-30-12-9-27-58(63)59-28-10-13-31-64(59)82)88-80(87-76)61-42-41-55(56-25-7-8-26-57(56)61)52-38-43-66-62(47-52)60-29-11-14-32-65(60)83(66)68-34-16-18-37-73(68)92-75-49-54(40-45-70(75)83)79-86-77(51-23-5-2-6-24-51)89-81(90-79)71-35-19-20-46-84-71/h1-49H. The molecular formula is C83H49N7O2. The van der Waals surface area contributed by atoms with Gasteiger partial charge in [0.1, 0.15) is 28.7 Å². The van der Waals surface area contributed by atoms with Crippen LogP contribution in [0.3, 0.4) is 0 Å². The third-order valence-electron chi connectivity index (χ3n) is 19.0. The van der Waals surface area contributed by atoms with Crippen LogP contribution in [0, 0.1) is 0 Å². The van der Waals surface area contributed by atoms with Gasteiger partial charge < -0.3 is 9.47 Å². The van der Waals surface area contributed by atoms with Crippen molar-refractivity contribution in [1.29, 1.82) is 0 Å². The maximum atomic E-state index is 7.01. The number of ether oxygens (including phenoxy) is 2. The summed E-state index contributed by atoms with van der Waals surface area (Å²) in [7, 11) is 0. The van der Waals surface area contributed by atoms with E-state index in [0.29, 0.717) is 40.6 Å². The van der Waals surface area contributed by atoms with Crippen molar-refractivity contribution >= 4 is 10.8 Å². The Kier molecular flexibility index (Phi) is 11.3. The number of benzene rings is 12. The molecule has 1 unspecified atom stereocenters. The van der Waals surface area contributed by atoms with Gasteiger partial charge in [-0.1, -0.05) is 243 Å². The number of aromatic nitrogens is 7. The summed E-state index contributed by atoms with van der Waals surface area (Å²) >= 11 is 0. The number of para-hydroxylation sites is 2. The zero-order valence-corrected chi connectivity index (χ0v) is 49.2. The molecular weight excluding hydrogens is 1130 g/mol. The molecule has 9 heteroatoms. The molecule has 3 aromatic heterocycles. The summed E-state index contributed by atoms with van der Waals surface area (Å²) in [5, 5.41) is 2.10. The summed E-state index contributed by atoms with van der Waals surface area (Å²) in [6.45, 7) is 0. The predicted molar refractivity (Wildman–Crippen MR) is 361 cm³/mol. The van der Waals surface area contributed by atoms with Crippen LogP contribution in [-0.2, 0) is 10.8 Å². The molecule has 19 rings (SSSR count). The third-order valence-corrected chi connectivity index (χ3v) is 19.0. The van der Waals surface area contributed by atoms with E-state index in [1.54, 1.807) is 6.20 Å². The molecule has 15 aromatic rings. The second kappa shape index (κ2) is 20.1. The van der Waals surface area contributed by atoms with Crippen molar-refractivity contribution in [3.63, 3.8) is 0 Å². The van der Waals surface area contributed by atoms with Crippen LogP contribution in [0.4, 0.5) is 0 Å². The summed E-state index contributed by atoms with van der Waals surface area (Å²) in [5.74, 6) is 6.37. The summed E-state index contributed by atoms with van der Waals surface area (Å²) in [6, 6.07) is 102. The average Bonchev–Trinajstić information content (AvgIpc) is 1.51. The molecule has 0 radical (unpaired) electrons. The van der Waals surface area contributed by atoms with Gasteiger partial charge in [-0.25, -0.2) is 29.9 Å². The zero-order chi connectivity index (χ0) is 60.5. The monoisotopic (exact) mass is 1180 g/mol. The minimum atomic E-state index is -0.719. The normalized spacial score (nSPS) is 14.6. The van der Waals surface area contributed by atoms with Crippen LogP contribution >= 0.6 is 0 Å². The number of hydrogen-bond acceptors (Lipinski definition) is 9. The Balaban J connectivity index is 0.737. The molecule has 4 aliphatic rings. The summed E-state index contributed by atoms with van der Waals surface area (Å²) in [4.78, 5) is 35.7. The second-order valence-corrected chi connectivity index (χ2v) is 23.8. The first-order chi connectivity index (χ1) is 45.6. The summed E-state index contributed by atoms with van der Waals surface area (Å²) in [6.07, 6.45) is 1.76. The molecule has 0 saturated carbocycles. The molecule has 0 fully saturated rings. The first-order valence-electron chi connectivity index (χ1n) is 30.9. The van der Waals surface area contributed by atoms with Crippen LogP contribution in [0.1, 0.15) is 44.5 Å². The molecule has 0 N–H and O–H groups in total. The Morgan fingerprint density at radius 2 is 0.598 bits per heavy atom. The van der Waals surface area contributed by atoms with Gasteiger partial charge in [0, 0.05) is 56.3 Å². The van der Waals surface area contributed by atoms with Crippen molar-refractivity contribution in [1.82, 2.24) is 34.9 Å². The number of hydrogen-bond donors (Lipinski definition) is 0. The number of rotatable bonds is 7. The van der Waals surface area contributed by atoms with Gasteiger partial charge in [0.2, 0.25) is 0 Å². The van der Waals surface area contributed by atoms with E-state index in [4.69, 9.17) is 39.4 Å². The molecule has 1 atom stereocenters. The molecule has 5 heterocycles. The van der Waals surface area contributed by atoms with E-state index in [9.17, 15) is 0 Å². The third kappa shape index (κ3) is 7.56. The highest BCUT2D eigenvalue weighted by Gasteiger charge is 2.53. The highest BCUT2D eigenvalue weighted by Crippen LogP contribution is 2.64. The van der Waals surface area contributed by atoms with Crippen molar-refractivity contribution in [3.05, 3.63) is 342 Å². The van der Waals surface area contributed by atoms with Gasteiger partial charge in [-0.2, -0.15) is 0 Å². The molecule has 0 bridgehead atoms. The van der Waals surface area contributed by atoms with Gasteiger partial charge in [-0.15, -0.1) is 0 Å². The van der Waals surface area contributed by atoms with E-state index in [0.717, 1.165) is 106 Å². The molecule has 2 aliphatic carbocycles. The lowest BCUT2D eigenvalue weighted by Crippen LogP contribution is -2.32. The summed E-state index contributed by atoms with van der Waals surface area (Å²) in [5.41, 5.74) is 19.7. The minimum Gasteiger partial charge on any atom is -0.457 e. The smallest absolute Gasteiger partial charge is 0.182 e. The van der Waals surface area contributed by atoms with Crippen LogP contribution < -0.4 is 9.47 Å². The highest BCUT2D eigenvalue weighted by molar-refractivity contribution is 6.05. The molecule has 0 saturated heterocycles.